The average Bonchev–Trinajstić information content (AvgIpc) is 2.33. The van der Waals surface area contributed by atoms with Gasteiger partial charge in [0.1, 0.15) is 5.56 Å². The maximum Gasteiger partial charge on any atom is 0.261 e. The minimum atomic E-state index is -0.851. The number of rotatable bonds is 2. The molecule has 0 radical (unpaired) electrons. The van der Waals surface area contributed by atoms with Crippen LogP contribution in [0.5, 0.6) is 5.75 Å². The first-order valence-corrected chi connectivity index (χ1v) is 5.46. The van der Waals surface area contributed by atoms with E-state index in [1.54, 1.807) is 6.92 Å². The number of nitrogens with one attached hydrogen (secondary N) is 2. The first kappa shape index (κ1) is 12.8. The molecule has 0 aliphatic heterocycles. The molecule has 5 nitrogen and oxygen atoms in total. The second kappa shape index (κ2) is 4.93. The van der Waals surface area contributed by atoms with Crippen LogP contribution in [-0.4, -0.2) is 16.0 Å². The van der Waals surface area contributed by atoms with E-state index in [0.717, 1.165) is 12.1 Å². The van der Waals surface area contributed by atoms with Crippen molar-refractivity contribution >= 4 is 11.6 Å². The summed E-state index contributed by atoms with van der Waals surface area (Å²) in [6, 6.07) is 4.71. The van der Waals surface area contributed by atoms with Crippen molar-refractivity contribution < 1.29 is 14.3 Å². The summed E-state index contributed by atoms with van der Waals surface area (Å²) < 4.78 is 13.1. The predicted octanol–water partition coefficient (Wildman–Crippen LogP) is 1.78. The third-order valence-electron chi connectivity index (χ3n) is 2.51. The van der Waals surface area contributed by atoms with E-state index >= 15 is 0 Å². The number of anilines is 1. The second-order valence-corrected chi connectivity index (χ2v) is 4.01. The Morgan fingerprint density at radius 2 is 2.11 bits per heavy atom. The number of hydrogen-bond donors (Lipinski definition) is 3. The summed E-state index contributed by atoms with van der Waals surface area (Å²) in [4.78, 5) is 26.2. The summed E-state index contributed by atoms with van der Waals surface area (Å²) in [5, 5.41) is 11.4. The molecule has 0 unspecified atom stereocenters. The number of pyridine rings is 1. The van der Waals surface area contributed by atoms with E-state index in [2.05, 4.69) is 10.3 Å². The molecule has 0 saturated carbocycles. The molecule has 6 heteroatoms. The Morgan fingerprint density at radius 1 is 1.37 bits per heavy atom. The van der Waals surface area contributed by atoms with Crippen LogP contribution < -0.4 is 10.7 Å². The zero-order valence-electron chi connectivity index (χ0n) is 10.0. The van der Waals surface area contributed by atoms with E-state index in [1.165, 1.54) is 18.3 Å². The fourth-order valence-corrected chi connectivity index (χ4v) is 1.53. The van der Waals surface area contributed by atoms with Crippen LogP contribution in [0.4, 0.5) is 10.1 Å². The van der Waals surface area contributed by atoms with E-state index in [-0.39, 0.29) is 11.3 Å². The molecular formula is C13H11FN2O3. The van der Waals surface area contributed by atoms with Gasteiger partial charge in [-0.2, -0.15) is 0 Å². The normalized spacial score (nSPS) is 10.2. The molecular weight excluding hydrogens is 251 g/mol. The molecule has 1 heterocycles. The van der Waals surface area contributed by atoms with Crippen molar-refractivity contribution in [3.8, 4) is 5.75 Å². The highest BCUT2D eigenvalue weighted by molar-refractivity contribution is 6.03. The van der Waals surface area contributed by atoms with Crippen LogP contribution in [0.1, 0.15) is 16.1 Å². The zero-order valence-corrected chi connectivity index (χ0v) is 10.0. The standard InChI is InChI=1S/C13H11FN2O3/c1-7-4-12(18)9(6-15-7)13(19)16-8-2-3-11(17)10(14)5-8/h2-6,17H,1H3,(H,15,18)(H,16,19). The van der Waals surface area contributed by atoms with Crippen LogP contribution in [-0.2, 0) is 0 Å². The number of carbonyl (C=O) groups is 1. The van der Waals surface area contributed by atoms with E-state index < -0.39 is 22.9 Å². The van der Waals surface area contributed by atoms with Crippen molar-refractivity contribution in [2.75, 3.05) is 5.32 Å². The SMILES string of the molecule is Cc1cc(=O)c(C(=O)Nc2ccc(O)c(F)c2)c[nH]1. The number of halogens is 1. The molecule has 0 saturated heterocycles. The first-order chi connectivity index (χ1) is 8.97. The van der Waals surface area contributed by atoms with Crippen LogP contribution in [0.15, 0.2) is 35.3 Å². The molecule has 0 atom stereocenters. The number of phenols is 1. The van der Waals surface area contributed by atoms with Gasteiger partial charge in [-0.25, -0.2) is 4.39 Å². The highest BCUT2D eigenvalue weighted by atomic mass is 19.1. The van der Waals surface area contributed by atoms with Gasteiger partial charge in [-0.05, 0) is 19.1 Å². The fraction of sp³-hybridized carbons (Fsp3) is 0.0769. The van der Waals surface area contributed by atoms with E-state index in [9.17, 15) is 14.0 Å². The summed E-state index contributed by atoms with van der Waals surface area (Å²) in [6.45, 7) is 1.69. The van der Waals surface area contributed by atoms with Gasteiger partial charge < -0.3 is 15.4 Å². The maximum absolute atomic E-state index is 13.1. The quantitative estimate of drug-likeness (QED) is 0.721. The molecule has 0 fully saturated rings. The van der Waals surface area contributed by atoms with Crippen LogP contribution in [0.3, 0.4) is 0 Å². The third kappa shape index (κ3) is 2.79. The zero-order chi connectivity index (χ0) is 14.0. The molecule has 19 heavy (non-hydrogen) atoms. The first-order valence-electron chi connectivity index (χ1n) is 5.46. The van der Waals surface area contributed by atoms with Gasteiger partial charge in [-0.15, -0.1) is 0 Å². The summed E-state index contributed by atoms with van der Waals surface area (Å²) in [7, 11) is 0. The highest BCUT2D eigenvalue weighted by Crippen LogP contribution is 2.19. The van der Waals surface area contributed by atoms with Gasteiger partial charge in [-0.1, -0.05) is 0 Å². The molecule has 2 aromatic rings. The largest absolute Gasteiger partial charge is 0.505 e. The van der Waals surface area contributed by atoms with Gasteiger partial charge in [0.05, 0.1) is 0 Å². The molecule has 1 amide bonds. The van der Waals surface area contributed by atoms with Crippen LogP contribution in [0.25, 0.3) is 0 Å². The Morgan fingerprint density at radius 3 is 2.74 bits per heavy atom. The van der Waals surface area contributed by atoms with Crippen molar-refractivity contribution in [3.63, 3.8) is 0 Å². The number of hydrogen-bond acceptors (Lipinski definition) is 3. The number of carbonyl (C=O) groups excluding carboxylic acids is 1. The summed E-state index contributed by atoms with van der Waals surface area (Å²) >= 11 is 0. The van der Waals surface area contributed by atoms with Crippen molar-refractivity contribution in [1.29, 1.82) is 0 Å². The molecule has 1 aromatic heterocycles. The van der Waals surface area contributed by atoms with Gasteiger partial charge in [0.15, 0.2) is 17.0 Å². The number of H-pyrrole nitrogens is 1. The van der Waals surface area contributed by atoms with Crippen molar-refractivity contribution in [2.24, 2.45) is 0 Å². The molecule has 0 aliphatic rings. The average molecular weight is 262 g/mol. The summed E-state index contributed by atoms with van der Waals surface area (Å²) in [5.41, 5.74) is 0.296. The Labute approximate surface area is 107 Å². The molecule has 0 spiro atoms. The Hall–Kier alpha value is -2.63. The molecule has 3 N–H and O–H groups in total. The number of amides is 1. The lowest BCUT2D eigenvalue weighted by Gasteiger charge is -2.05. The summed E-state index contributed by atoms with van der Waals surface area (Å²) in [6.07, 6.45) is 1.30. The van der Waals surface area contributed by atoms with Gasteiger partial charge in [0.2, 0.25) is 0 Å². The monoisotopic (exact) mass is 262 g/mol. The van der Waals surface area contributed by atoms with E-state index in [0.29, 0.717) is 5.69 Å². The topological polar surface area (TPSA) is 82.2 Å². The van der Waals surface area contributed by atoms with Crippen LogP contribution in [0.2, 0.25) is 0 Å². The number of benzene rings is 1. The minimum absolute atomic E-state index is 0.0703. The van der Waals surface area contributed by atoms with Crippen molar-refractivity contribution in [1.82, 2.24) is 4.98 Å². The van der Waals surface area contributed by atoms with Gasteiger partial charge in [0, 0.05) is 29.7 Å². The lowest BCUT2D eigenvalue weighted by Crippen LogP contribution is -2.21. The van der Waals surface area contributed by atoms with Crippen LogP contribution >= 0.6 is 0 Å². The molecule has 2 rings (SSSR count). The van der Waals surface area contributed by atoms with Crippen molar-refractivity contribution in [3.05, 3.63) is 57.8 Å². The number of aromatic amines is 1. The summed E-state index contributed by atoms with van der Waals surface area (Å²) in [5.74, 6) is -2.01. The maximum atomic E-state index is 13.1. The van der Waals surface area contributed by atoms with Crippen LogP contribution in [0, 0.1) is 12.7 Å². The third-order valence-corrected chi connectivity index (χ3v) is 2.51. The number of aromatic nitrogens is 1. The van der Waals surface area contributed by atoms with Gasteiger partial charge in [-0.3, -0.25) is 9.59 Å². The highest BCUT2D eigenvalue weighted by Gasteiger charge is 2.11. The fourth-order valence-electron chi connectivity index (χ4n) is 1.53. The lowest BCUT2D eigenvalue weighted by molar-refractivity contribution is 0.102. The van der Waals surface area contributed by atoms with Gasteiger partial charge >= 0.3 is 0 Å². The van der Waals surface area contributed by atoms with E-state index in [1.807, 2.05) is 0 Å². The van der Waals surface area contributed by atoms with Gasteiger partial charge in [0.25, 0.3) is 5.91 Å². The number of aromatic hydroxyl groups is 1. The predicted molar refractivity (Wildman–Crippen MR) is 67.8 cm³/mol. The molecule has 0 aliphatic carbocycles. The Bertz CT molecular complexity index is 695. The smallest absolute Gasteiger partial charge is 0.261 e. The number of phenolic OH excluding ortho intramolecular Hbond substituents is 1. The minimum Gasteiger partial charge on any atom is -0.505 e. The second-order valence-electron chi connectivity index (χ2n) is 4.01. The van der Waals surface area contributed by atoms with Crippen molar-refractivity contribution in [2.45, 2.75) is 6.92 Å². The number of aryl methyl sites for hydroxylation is 1. The molecule has 0 bridgehead atoms. The molecule has 98 valence electrons. The Balaban J connectivity index is 2.25. The van der Waals surface area contributed by atoms with E-state index in [4.69, 9.17) is 5.11 Å². The lowest BCUT2D eigenvalue weighted by atomic mass is 10.2. The Kier molecular flexibility index (Phi) is 3.33. The molecule has 1 aromatic carbocycles.